The van der Waals surface area contributed by atoms with Gasteiger partial charge >= 0.3 is 6.03 Å². The number of nitriles is 1. The summed E-state index contributed by atoms with van der Waals surface area (Å²) in [5.41, 5.74) is 2.98. The van der Waals surface area contributed by atoms with Crippen molar-refractivity contribution in [3.05, 3.63) is 66.1 Å². The molecule has 5 rings (SSSR count). The average Bonchev–Trinajstić information content (AvgIpc) is 3.34. The van der Waals surface area contributed by atoms with Crippen LogP contribution in [0.1, 0.15) is 49.7 Å². The maximum Gasteiger partial charge on any atom is 0.319 e. The molecule has 1 aliphatic heterocycles. The van der Waals surface area contributed by atoms with E-state index in [-0.39, 0.29) is 11.9 Å². The number of carbonyl (C=O) groups excluding carboxylic acids is 2. The van der Waals surface area contributed by atoms with Gasteiger partial charge in [0.05, 0.1) is 6.07 Å². The van der Waals surface area contributed by atoms with Gasteiger partial charge in [0.15, 0.2) is 0 Å². The van der Waals surface area contributed by atoms with Crippen molar-refractivity contribution in [1.29, 1.82) is 5.26 Å². The summed E-state index contributed by atoms with van der Waals surface area (Å²) in [5, 5.41) is 15.3. The summed E-state index contributed by atoms with van der Waals surface area (Å²) in [6, 6.07) is 13.9. The number of piperidine rings is 1. The molecular weight excluding hydrogens is 440 g/mol. The summed E-state index contributed by atoms with van der Waals surface area (Å²) in [7, 11) is 0. The highest BCUT2D eigenvalue weighted by Gasteiger charge is 2.51. The molecule has 35 heavy (non-hydrogen) atoms. The number of hydrogen-bond donors (Lipinski definition) is 2. The van der Waals surface area contributed by atoms with Crippen molar-refractivity contribution in [3.63, 3.8) is 0 Å². The van der Waals surface area contributed by atoms with Crippen molar-refractivity contribution in [2.24, 2.45) is 11.3 Å². The number of likely N-dealkylation sites (tertiary alicyclic amines) is 1. The lowest BCUT2D eigenvalue weighted by Gasteiger charge is -2.44. The van der Waals surface area contributed by atoms with Crippen LogP contribution in [0, 0.1) is 22.7 Å². The molecule has 1 aliphatic carbocycles. The SMILES string of the molecule is CC1CC(C#N)(C(=O)N2CCC(c3ccc(NC(=O)NCc4ccn5ccnc5c4)cc3)CC2)C1. The molecule has 1 aromatic carbocycles. The molecule has 0 spiro atoms. The Kier molecular flexibility index (Phi) is 6.16. The lowest BCUT2D eigenvalue weighted by atomic mass is 9.62. The van der Waals surface area contributed by atoms with E-state index in [1.165, 1.54) is 5.56 Å². The summed E-state index contributed by atoms with van der Waals surface area (Å²) in [5.74, 6) is 0.849. The Morgan fingerprint density at radius 3 is 2.57 bits per heavy atom. The number of rotatable bonds is 5. The summed E-state index contributed by atoms with van der Waals surface area (Å²) < 4.78 is 1.92. The van der Waals surface area contributed by atoms with Gasteiger partial charge in [-0.2, -0.15) is 5.26 Å². The van der Waals surface area contributed by atoms with Crippen LogP contribution in [0.15, 0.2) is 55.0 Å². The Morgan fingerprint density at radius 1 is 1.14 bits per heavy atom. The fraction of sp³-hybridized carbons (Fsp3) is 0.407. The molecule has 2 aliphatic rings. The zero-order valence-electron chi connectivity index (χ0n) is 19.9. The summed E-state index contributed by atoms with van der Waals surface area (Å²) in [6.07, 6.45) is 8.68. The molecule has 2 N–H and O–H groups in total. The third-order valence-corrected chi connectivity index (χ3v) is 7.35. The highest BCUT2D eigenvalue weighted by molar-refractivity contribution is 5.89. The number of amides is 3. The molecule has 3 aromatic rings. The van der Waals surface area contributed by atoms with Crippen molar-refractivity contribution in [1.82, 2.24) is 19.6 Å². The Labute approximate surface area is 204 Å². The molecular formula is C27H30N6O2. The van der Waals surface area contributed by atoms with Gasteiger partial charge < -0.3 is 19.9 Å². The molecule has 3 amide bonds. The first kappa shape index (κ1) is 22.9. The number of carbonyl (C=O) groups is 2. The second-order valence-electron chi connectivity index (χ2n) is 9.93. The van der Waals surface area contributed by atoms with Crippen molar-refractivity contribution >= 4 is 23.3 Å². The van der Waals surface area contributed by atoms with Gasteiger partial charge in [-0.05, 0) is 72.9 Å². The van der Waals surface area contributed by atoms with Crippen LogP contribution in [0.3, 0.4) is 0 Å². The molecule has 8 nitrogen and oxygen atoms in total. The smallest absolute Gasteiger partial charge is 0.319 e. The Hall–Kier alpha value is -3.86. The maximum atomic E-state index is 12.9. The van der Waals surface area contributed by atoms with Crippen LogP contribution in [-0.4, -0.2) is 39.3 Å². The number of anilines is 1. The van der Waals surface area contributed by atoms with E-state index in [1.807, 2.05) is 58.1 Å². The van der Waals surface area contributed by atoms with Gasteiger partial charge in [-0.15, -0.1) is 0 Å². The van der Waals surface area contributed by atoms with Crippen molar-refractivity contribution in [3.8, 4) is 6.07 Å². The summed E-state index contributed by atoms with van der Waals surface area (Å²) >= 11 is 0. The topological polar surface area (TPSA) is 103 Å². The number of urea groups is 1. The van der Waals surface area contributed by atoms with Crippen molar-refractivity contribution in [2.75, 3.05) is 18.4 Å². The van der Waals surface area contributed by atoms with E-state index in [0.717, 1.165) is 29.7 Å². The molecule has 8 heteroatoms. The zero-order chi connectivity index (χ0) is 24.4. The fourth-order valence-electron chi connectivity index (χ4n) is 5.42. The van der Waals surface area contributed by atoms with Crippen molar-refractivity contribution < 1.29 is 9.59 Å². The summed E-state index contributed by atoms with van der Waals surface area (Å²) in [6.45, 7) is 3.89. The first-order chi connectivity index (χ1) is 17.0. The molecule has 0 bridgehead atoms. The Balaban J connectivity index is 1.10. The highest BCUT2D eigenvalue weighted by atomic mass is 16.2. The standard InChI is InChI=1S/C27H30N6O2/c1-19-15-27(16-19,18-28)25(34)33-11-7-22(8-12-33)21-2-4-23(5-3-21)31-26(35)30-17-20-6-10-32-13-9-29-24(32)14-20/h2-6,9-10,13-14,19,22H,7-8,11-12,15-17H2,1H3,(H2,30,31,35). The van der Waals surface area contributed by atoms with E-state index in [9.17, 15) is 14.9 Å². The summed E-state index contributed by atoms with van der Waals surface area (Å²) in [4.78, 5) is 31.4. The van der Waals surface area contributed by atoms with Crippen LogP contribution in [0.25, 0.3) is 5.65 Å². The number of hydrogen-bond acceptors (Lipinski definition) is 4. The molecule has 0 radical (unpaired) electrons. The Bertz CT molecular complexity index is 1260. The second kappa shape index (κ2) is 9.41. The lowest BCUT2D eigenvalue weighted by Crippen LogP contribution is -2.51. The largest absolute Gasteiger partial charge is 0.341 e. The van der Waals surface area contributed by atoms with Crippen LogP contribution in [-0.2, 0) is 11.3 Å². The Morgan fingerprint density at radius 2 is 1.89 bits per heavy atom. The minimum Gasteiger partial charge on any atom is -0.341 e. The van der Waals surface area contributed by atoms with Gasteiger partial charge in [-0.1, -0.05) is 19.1 Å². The van der Waals surface area contributed by atoms with Gasteiger partial charge in [0, 0.05) is 43.9 Å². The fourth-order valence-corrected chi connectivity index (χ4v) is 5.42. The molecule has 0 atom stereocenters. The molecule has 2 aromatic heterocycles. The molecule has 2 fully saturated rings. The average molecular weight is 471 g/mol. The first-order valence-corrected chi connectivity index (χ1v) is 12.2. The predicted molar refractivity (Wildman–Crippen MR) is 132 cm³/mol. The maximum absolute atomic E-state index is 12.9. The van der Waals surface area contributed by atoms with E-state index in [2.05, 4.69) is 28.6 Å². The highest BCUT2D eigenvalue weighted by Crippen LogP contribution is 2.47. The quantitative estimate of drug-likeness (QED) is 0.580. The molecule has 3 heterocycles. The molecule has 1 saturated heterocycles. The minimum absolute atomic E-state index is 0.0202. The third kappa shape index (κ3) is 4.72. The van der Waals surface area contributed by atoms with Crippen LogP contribution in [0.2, 0.25) is 0 Å². The normalized spacial score (nSPS) is 22.3. The zero-order valence-corrected chi connectivity index (χ0v) is 19.9. The monoisotopic (exact) mass is 470 g/mol. The number of benzene rings is 1. The van der Waals surface area contributed by atoms with Crippen LogP contribution in [0.5, 0.6) is 0 Å². The number of imidazole rings is 1. The number of fused-ring (bicyclic) bond motifs is 1. The molecule has 180 valence electrons. The van der Waals surface area contributed by atoms with Gasteiger partial charge in [0.25, 0.3) is 0 Å². The molecule has 1 saturated carbocycles. The van der Waals surface area contributed by atoms with Gasteiger partial charge in [0.1, 0.15) is 11.1 Å². The second-order valence-corrected chi connectivity index (χ2v) is 9.93. The minimum atomic E-state index is -0.786. The number of pyridine rings is 1. The predicted octanol–water partition coefficient (Wildman–Crippen LogP) is 4.30. The van der Waals surface area contributed by atoms with Gasteiger partial charge in [0.2, 0.25) is 5.91 Å². The van der Waals surface area contributed by atoms with Gasteiger partial charge in [-0.25, -0.2) is 9.78 Å². The van der Waals surface area contributed by atoms with E-state index in [1.54, 1.807) is 6.20 Å². The number of nitrogens with zero attached hydrogens (tertiary/aromatic N) is 4. The third-order valence-electron chi connectivity index (χ3n) is 7.35. The number of nitrogens with one attached hydrogen (secondary N) is 2. The van der Waals surface area contributed by atoms with Crippen molar-refractivity contribution in [2.45, 2.75) is 45.1 Å². The van der Waals surface area contributed by atoms with Crippen LogP contribution >= 0.6 is 0 Å². The first-order valence-electron chi connectivity index (χ1n) is 12.2. The van der Waals surface area contributed by atoms with E-state index in [4.69, 9.17) is 0 Å². The lowest BCUT2D eigenvalue weighted by molar-refractivity contribution is -0.146. The van der Waals surface area contributed by atoms with Crippen LogP contribution in [0.4, 0.5) is 10.5 Å². The number of aromatic nitrogens is 2. The van der Waals surface area contributed by atoms with Crippen LogP contribution < -0.4 is 10.6 Å². The van der Waals surface area contributed by atoms with Gasteiger partial charge in [-0.3, -0.25) is 4.79 Å². The van der Waals surface area contributed by atoms with E-state index in [0.29, 0.717) is 44.3 Å². The van der Waals surface area contributed by atoms with E-state index < -0.39 is 5.41 Å². The van der Waals surface area contributed by atoms with E-state index >= 15 is 0 Å². The molecule has 0 unspecified atom stereocenters.